The first kappa shape index (κ1) is 14.4. The van der Waals surface area contributed by atoms with Crippen molar-refractivity contribution in [2.24, 2.45) is 59.2 Å². The van der Waals surface area contributed by atoms with E-state index in [1.165, 1.54) is 0 Å². The molecular formula is C22H36. The van der Waals surface area contributed by atoms with Crippen molar-refractivity contribution in [2.45, 2.75) is 78.1 Å². The van der Waals surface area contributed by atoms with Crippen LogP contribution in [-0.2, 0) is 0 Å². The highest BCUT2D eigenvalue weighted by Gasteiger charge is 2.58. The van der Waals surface area contributed by atoms with Crippen molar-refractivity contribution in [3.63, 3.8) is 0 Å². The van der Waals surface area contributed by atoms with Crippen molar-refractivity contribution in [1.29, 1.82) is 0 Å². The second-order valence-corrected chi connectivity index (χ2v) is 10.1. The molecule has 0 spiro atoms. The number of hydrogen-bond donors (Lipinski definition) is 0. The lowest BCUT2D eigenvalue weighted by Gasteiger charge is -2.41. The molecule has 0 bridgehead atoms. The monoisotopic (exact) mass is 300 g/mol. The maximum absolute atomic E-state index is 2.66. The molecule has 10 unspecified atom stereocenters. The summed E-state index contributed by atoms with van der Waals surface area (Å²) in [6, 6.07) is 0. The van der Waals surface area contributed by atoms with Gasteiger partial charge in [0, 0.05) is 0 Å². The molecule has 5 fully saturated rings. The van der Waals surface area contributed by atoms with E-state index in [1.54, 1.807) is 64.2 Å². The maximum atomic E-state index is 2.66. The second-order valence-electron chi connectivity index (χ2n) is 10.1. The van der Waals surface area contributed by atoms with Crippen LogP contribution >= 0.6 is 0 Å². The average molecular weight is 301 g/mol. The maximum Gasteiger partial charge on any atom is -0.0349 e. The van der Waals surface area contributed by atoms with Crippen LogP contribution in [0.25, 0.3) is 0 Å². The quantitative estimate of drug-likeness (QED) is 0.503. The third-order valence-electron chi connectivity index (χ3n) is 9.74. The molecule has 5 rings (SSSR count). The van der Waals surface area contributed by atoms with E-state index in [0.29, 0.717) is 0 Å². The van der Waals surface area contributed by atoms with Crippen LogP contribution in [0.1, 0.15) is 78.1 Å². The lowest BCUT2D eigenvalue weighted by atomic mass is 9.64. The summed E-state index contributed by atoms with van der Waals surface area (Å²) in [7, 11) is 0. The molecule has 22 heavy (non-hydrogen) atoms. The van der Waals surface area contributed by atoms with Gasteiger partial charge >= 0.3 is 0 Å². The summed E-state index contributed by atoms with van der Waals surface area (Å²) in [4.78, 5) is 0. The zero-order valence-corrected chi connectivity index (χ0v) is 14.8. The highest BCUT2D eigenvalue weighted by molar-refractivity contribution is 5.07. The van der Waals surface area contributed by atoms with Gasteiger partial charge in [0.1, 0.15) is 0 Å². The second kappa shape index (κ2) is 5.25. The summed E-state index contributed by atoms with van der Waals surface area (Å²) in [5.74, 6) is 11.2. The van der Waals surface area contributed by atoms with E-state index in [2.05, 4.69) is 13.8 Å². The number of rotatable bonds is 0. The van der Waals surface area contributed by atoms with Crippen molar-refractivity contribution >= 4 is 0 Å². The van der Waals surface area contributed by atoms with Crippen LogP contribution in [0.2, 0.25) is 0 Å². The van der Waals surface area contributed by atoms with Gasteiger partial charge in [-0.05, 0) is 97.7 Å². The molecule has 0 aromatic rings. The van der Waals surface area contributed by atoms with Gasteiger partial charge in [-0.1, -0.05) is 39.5 Å². The highest BCUT2D eigenvalue weighted by atomic mass is 14.6. The molecule has 0 nitrogen and oxygen atoms in total. The van der Waals surface area contributed by atoms with Crippen LogP contribution in [0.15, 0.2) is 0 Å². The molecule has 0 N–H and O–H groups in total. The molecule has 0 aromatic carbocycles. The Balaban J connectivity index is 1.43. The van der Waals surface area contributed by atoms with E-state index in [-0.39, 0.29) is 0 Å². The van der Waals surface area contributed by atoms with E-state index >= 15 is 0 Å². The highest BCUT2D eigenvalue weighted by Crippen LogP contribution is 2.65. The molecule has 5 aliphatic carbocycles. The van der Waals surface area contributed by atoms with Crippen molar-refractivity contribution in [3.8, 4) is 0 Å². The lowest BCUT2D eigenvalue weighted by molar-refractivity contribution is 0.0765. The Labute approximate surface area is 137 Å². The van der Waals surface area contributed by atoms with E-state index in [1.807, 2.05) is 0 Å². The minimum atomic E-state index is 1.06. The topological polar surface area (TPSA) is 0 Å². The van der Waals surface area contributed by atoms with Crippen LogP contribution in [0.3, 0.4) is 0 Å². The predicted molar refractivity (Wildman–Crippen MR) is 92.4 cm³/mol. The minimum Gasteiger partial charge on any atom is -0.0620 e. The Kier molecular flexibility index (Phi) is 3.42. The van der Waals surface area contributed by atoms with Crippen LogP contribution in [0.5, 0.6) is 0 Å². The number of fused-ring (bicyclic) bond motifs is 6. The summed E-state index contributed by atoms with van der Waals surface area (Å²) in [6.45, 7) is 5.31. The smallest absolute Gasteiger partial charge is 0.0349 e. The fourth-order valence-electron chi connectivity index (χ4n) is 8.90. The molecule has 0 heterocycles. The van der Waals surface area contributed by atoms with Crippen LogP contribution in [0, 0.1) is 59.2 Å². The normalized spacial score (nSPS) is 60.3. The Bertz CT molecular complexity index is 386. The van der Waals surface area contributed by atoms with Gasteiger partial charge in [0.25, 0.3) is 0 Å². The largest absolute Gasteiger partial charge is 0.0620 e. The van der Waals surface area contributed by atoms with Crippen molar-refractivity contribution in [3.05, 3.63) is 0 Å². The standard InChI is InChI=1S/C22H36/c1-13-15-7-3-5-9-17(15)21-12-20-14(2)16-8-4-6-10-18(16)22(20)11-19(13)21/h13-22H,3-12H2,1-2H3. The summed E-state index contributed by atoms with van der Waals surface area (Å²) in [5.41, 5.74) is 0. The molecule has 5 saturated carbocycles. The summed E-state index contributed by atoms with van der Waals surface area (Å²) in [5, 5.41) is 0. The van der Waals surface area contributed by atoms with Gasteiger partial charge in [-0.25, -0.2) is 0 Å². The van der Waals surface area contributed by atoms with Gasteiger partial charge in [0.2, 0.25) is 0 Å². The zero-order chi connectivity index (χ0) is 14.8. The van der Waals surface area contributed by atoms with Gasteiger partial charge in [-0.15, -0.1) is 0 Å². The van der Waals surface area contributed by atoms with E-state index in [4.69, 9.17) is 0 Å². The van der Waals surface area contributed by atoms with Gasteiger partial charge in [0.15, 0.2) is 0 Å². The summed E-state index contributed by atoms with van der Waals surface area (Å²) >= 11 is 0. The molecule has 5 aliphatic rings. The molecule has 0 heteroatoms. The molecule has 10 atom stereocenters. The fraction of sp³-hybridized carbons (Fsp3) is 1.00. The van der Waals surface area contributed by atoms with Crippen LogP contribution in [-0.4, -0.2) is 0 Å². The first-order valence-corrected chi connectivity index (χ1v) is 10.8. The number of hydrogen-bond acceptors (Lipinski definition) is 0. The minimum absolute atomic E-state index is 1.06. The summed E-state index contributed by atoms with van der Waals surface area (Å²) < 4.78 is 0. The molecule has 0 radical (unpaired) electrons. The third-order valence-corrected chi connectivity index (χ3v) is 9.74. The zero-order valence-electron chi connectivity index (χ0n) is 14.8. The van der Waals surface area contributed by atoms with E-state index < -0.39 is 0 Å². The Hall–Kier alpha value is 0. The predicted octanol–water partition coefficient (Wildman–Crippen LogP) is 6.16. The molecule has 0 aromatic heterocycles. The lowest BCUT2D eigenvalue weighted by Crippen LogP contribution is -2.34. The Morgan fingerprint density at radius 3 is 1.18 bits per heavy atom. The Morgan fingerprint density at radius 2 is 0.773 bits per heavy atom. The van der Waals surface area contributed by atoms with Crippen molar-refractivity contribution < 1.29 is 0 Å². The van der Waals surface area contributed by atoms with E-state index in [9.17, 15) is 0 Å². The first-order valence-electron chi connectivity index (χ1n) is 10.8. The first-order chi connectivity index (χ1) is 10.8. The molecule has 124 valence electrons. The average Bonchev–Trinajstić information content (AvgIpc) is 3.01. The third kappa shape index (κ3) is 1.88. The van der Waals surface area contributed by atoms with Crippen molar-refractivity contribution in [2.75, 3.05) is 0 Å². The Morgan fingerprint density at radius 1 is 0.409 bits per heavy atom. The van der Waals surface area contributed by atoms with Gasteiger partial charge in [-0.2, -0.15) is 0 Å². The summed E-state index contributed by atoms with van der Waals surface area (Å²) in [6.07, 6.45) is 15.8. The van der Waals surface area contributed by atoms with E-state index in [0.717, 1.165) is 59.2 Å². The fourth-order valence-corrected chi connectivity index (χ4v) is 8.90. The van der Waals surface area contributed by atoms with Gasteiger partial charge in [-0.3, -0.25) is 0 Å². The van der Waals surface area contributed by atoms with Gasteiger partial charge in [0.05, 0.1) is 0 Å². The molecule has 0 amide bonds. The van der Waals surface area contributed by atoms with Crippen LogP contribution < -0.4 is 0 Å². The van der Waals surface area contributed by atoms with Crippen LogP contribution in [0.4, 0.5) is 0 Å². The molecule has 0 saturated heterocycles. The SMILES string of the molecule is CC1C2CCCCC2C2CC3C(C)C4CCCCC4C3CC12. The van der Waals surface area contributed by atoms with Crippen molar-refractivity contribution in [1.82, 2.24) is 0 Å². The molecule has 0 aliphatic heterocycles. The van der Waals surface area contributed by atoms with Gasteiger partial charge < -0.3 is 0 Å². The molecular weight excluding hydrogens is 264 g/mol.